The van der Waals surface area contributed by atoms with Crippen LogP contribution in [0.5, 0.6) is 0 Å². The highest BCUT2D eigenvalue weighted by atomic mass is 16.7. The number of ether oxygens (including phenoxy) is 3. The van der Waals surface area contributed by atoms with Crippen LogP contribution < -0.4 is 0 Å². The minimum Gasteiger partial charge on any atom is -0.462 e. The van der Waals surface area contributed by atoms with Crippen LogP contribution in [0.1, 0.15) is 72.6 Å². The topological polar surface area (TPSA) is 44.8 Å². The molecule has 0 aromatic carbocycles. The number of carbonyl (C=O) groups is 1. The number of allylic oxidation sites excluding steroid dienone is 2. The van der Waals surface area contributed by atoms with Gasteiger partial charge in [-0.1, -0.05) is 31.6 Å². The Morgan fingerprint density at radius 1 is 1.00 bits per heavy atom. The monoisotopic (exact) mass is 400 g/mol. The van der Waals surface area contributed by atoms with Gasteiger partial charge in [-0.2, -0.15) is 0 Å². The molecule has 0 aromatic heterocycles. The van der Waals surface area contributed by atoms with Crippen molar-refractivity contribution in [3.8, 4) is 0 Å². The molecule has 2 saturated carbocycles. The van der Waals surface area contributed by atoms with E-state index in [1.165, 1.54) is 31.8 Å². The number of rotatable bonds is 2. The van der Waals surface area contributed by atoms with Gasteiger partial charge in [0.15, 0.2) is 5.79 Å². The molecule has 0 spiro atoms. The molecule has 6 atom stereocenters. The largest absolute Gasteiger partial charge is 0.462 e. The summed E-state index contributed by atoms with van der Waals surface area (Å²) in [6.07, 6.45) is 13.0. The highest BCUT2D eigenvalue weighted by Crippen LogP contribution is 2.66. The summed E-state index contributed by atoms with van der Waals surface area (Å²) in [5.74, 6) is 1.49. The molecule has 0 amide bonds. The number of hydrogen-bond acceptors (Lipinski definition) is 4. The fourth-order valence-corrected chi connectivity index (χ4v) is 7.90. The molecular weight excluding hydrogens is 364 g/mol. The van der Waals surface area contributed by atoms with Crippen LogP contribution in [0.4, 0.5) is 0 Å². The lowest BCUT2D eigenvalue weighted by atomic mass is 9.47. The predicted octanol–water partition coefficient (Wildman–Crippen LogP) is 5.18. The normalized spacial score (nSPS) is 45.5. The van der Waals surface area contributed by atoms with E-state index in [9.17, 15) is 4.79 Å². The first-order valence-electron chi connectivity index (χ1n) is 11.6. The maximum absolute atomic E-state index is 11.4. The highest BCUT2D eigenvalue weighted by Gasteiger charge is 2.59. The van der Waals surface area contributed by atoms with E-state index in [2.05, 4.69) is 32.9 Å². The summed E-state index contributed by atoms with van der Waals surface area (Å²) in [5.41, 5.74) is 3.43. The van der Waals surface area contributed by atoms with Crippen LogP contribution in [0.3, 0.4) is 0 Å². The average molecular weight is 401 g/mol. The van der Waals surface area contributed by atoms with Gasteiger partial charge in [-0.3, -0.25) is 4.79 Å². The lowest BCUT2D eigenvalue weighted by molar-refractivity contribution is -0.149. The quantitative estimate of drug-likeness (QED) is 0.473. The summed E-state index contributed by atoms with van der Waals surface area (Å²) in [4.78, 5) is 11.4. The van der Waals surface area contributed by atoms with Gasteiger partial charge in [0.05, 0.1) is 13.2 Å². The number of hydrogen-bond donors (Lipinski definition) is 0. The first-order chi connectivity index (χ1) is 13.8. The fraction of sp³-hybridized carbons (Fsp3) is 0.800. The Morgan fingerprint density at radius 3 is 2.45 bits per heavy atom. The zero-order chi connectivity index (χ0) is 20.4. The Morgan fingerprint density at radius 2 is 1.72 bits per heavy atom. The summed E-state index contributed by atoms with van der Waals surface area (Å²) < 4.78 is 17.7. The van der Waals surface area contributed by atoms with Crippen molar-refractivity contribution in [1.29, 1.82) is 0 Å². The van der Waals surface area contributed by atoms with Crippen molar-refractivity contribution in [3.05, 3.63) is 23.3 Å². The van der Waals surface area contributed by atoms with E-state index in [4.69, 9.17) is 14.2 Å². The maximum atomic E-state index is 11.4. The minimum atomic E-state index is -0.516. The third kappa shape index (κ3) is 2.89. The molecule has 5 aliphatic rings. The molecule has 1 saturated heterocycles. The zero-order valence-electron chi connectivity index (χ0n) is 18.5. The third-order valence-electron chi connectivity index (χ3n) is 9.30. The van der Waals surface area contributed by atoms with E-state index in [0.29, 0.717) is 19.1 Å². The van der Waals surface area contributed by atoms with Crippen LogP contribution in [-0.2, 0) is 19.0 Å². The lowest BCUT2D eigenvalue weighted by Crippen LogP contribution is -2.51. The SMILES string of the molecule is CC(=O)O[C@H]1CC[C@@]2(C)C(=CC[C@H]3[C@H]2CC[C@@]2(C)C(C4(C)OCCO4)=CC[C@H]32)C1. The highest BCUT2D eigenvalue weighted by molar-refractivity contribution is 5.66. The molecule has 4 nitrogen and oxygen atoms in total. The van der Waals surface area contributed by atoms with Crippen LogP contribution in [0.15, 0.2) is 23.3 Å². The molecule has 0 unspecified atom stereocenters. The molecule has 0 aromatic rings. The van der Waals surface area contributed by atoms with Gasteiger partial charge in [0, 0.05) is 13.3 Å². The van der Waals surface area contributed by atoms with E-state index in [1.54, 1.807) is 5.57 Å². The Hall–Kier alpha value is -1.13. The van der Waals surface area contributed by atoms with Crippen LogP contribution in [0.2, 0.25) is 0 Å². The Balaban J connectivity index is 1.39. The summed E-state index contributed by atoms with van der Waals surface area (Å²) in [7, 11) is 0. The van der Waals surface area contributed by atoms with Crippen molar-refractivity contribution in [2.45, 2.75) is 84.5 Å². The van der Waals surface area contributed by atoms with Crippen LogP contribution in [-0.4, -0.2) is 31.1 Å². The van der Waals surface area contributed by atoms with E-state index < -0.39 is 5.79 Å². The van der Waals surface area contributed by atoms with Gasteiger partial charge < -0.3 is 14.2 Å². The van der Waals surface area contributed by atoms with Gasteiger partial charge in [0.1, 0.15) is 6.10 Å². The number of carbonyl (C=O) groups excluding carboxylic acids is 1. The first-order valence-corrected chi connectivity index (χ1v) is 11.6. The fourth-order valence-electron chi connectivity index (χ4n) is 7.90. The molecule has 0 N–H and O–H groups in total. The Bertz CT molecular complexity index is 761. The van der Waals surface area contributed by atoms with Gasteiger partial charge in [-0.15, -0.1) is 0 Å². The third-order valence-corrected chi connectivity index (χ3v) is 9.30. The van der Waals surface area contributed by atoms with Gasteiger partial charge in [-0.25, -0.2) is 0 Å². The maximum Gasteiger partial charge on any atom is 0.302 e. The lowest BCUT2D eigenvalue weighted by Gasteiger charge is -2.58. The molecule has 3 fully saturated rings. The number of esters is 1. The van der Waals surface area contributed by atoms with Crippen molar-refractivity contribution in [2.24, 2.45) is 28.6 Å². The molecule has 160 valence electrons. The molecule has 5 rings (SSSR count). The molecule has 1 heterocycles. The van der Waals surface area contributed by atoms with E-state index >= 15 is 0 Å². The Kier molecular flexibility index (Phi) is 4.57. The van der Waals surface area contributed by atoms with E-state index in [-0.39, 0.29) is 22.9 Å². The standard InChI is InChI=1S/C25H36O4/c1-16(26)29-18-9-11-23(2)17(15-18)5-6-19-20-7-8-22(25(4)27-13-14-28-25)24(20,3)12-10-21(19)23/h5,8,18-21H,6-7,9-15H2,1-4H3/t18-,19+,20+,21+,23-,24+/m0/s1. The zero-order valence-corrected chi connectivity index (χ0v) is 18.5. The molecule has 1 aliphatic heterocycles. The van der Waals surface area contributed by atoms with Gasteiger partial charge in [0.2, 0.25) is 0 Å². The summed E-state index contributed by atoms with van der Waals surface area (Å²) in [6, 6.07) is 0. The summed E-state index contributed by atoms with van der Waals surface area (Å²) >= 11 is 0. The van der Waals surface area contributed by atoms with Gasteiger partial charge in [0.25, 0.3) is 0 Å². The van der Waals surface area contributed by atoms with Crippen molar-refractivity contribution in [2.75, 3.05) is 13.2 Å². The summed E-state index contributed by atoms with van der Waals surface area (Å²) in [6.45, 7) is 10.0. The molecule has 4 heteroatoms. The Labute approximate surface area is 175 Å². The molecule has 0 bridgehead atoms. The molecule has 4 aliphatic carbocycles. The van der Waals surface area contributed by atoms with E-state index in [0.717, 1.165) is 37.5 Å². The molecular formula is C25H36O4. The van der Waals surface area contributed by atoms with Crippen molar-refractivity contribution in [3.63, 3.8) is 0 Å². The van der Waals surface area contributed by atoms with Crippen molar-refractivity contribution >= 4 is 5.97 Å². The second kappa shape index (κ2) is 6.68. The second-order valence-corrected chi connectivity index (χ2v) is 10.7. The molecule has 29 heavy (non-hydrogen) atoms. The number of fused-ring (bicyclic) bond motifs is 5. The van der Waals surface area contributed by atoms with Crippen LogP contribution in [0.25, 0.3) is 0 Å². The molecule has 0 radical (unpaired) electrons. The second-order valence-electron chi connectivity index (χ2n) is 10.7. The minimum absolute atomic E-state index is 0.0774. The summed E-state index contributed by atoms with van der Waals surface area (Å²) in [5, 5.41) is 0. The van der Waals surface area contributed by atoms with Gasteiger partial charge in [-0.05, 0) is 79.6 Å². The first kappa shape index (κ1) is 19.8. The predicted molar refractivity (Wildman–Crippen MR) is 111 cm³/mol. The van der Waals surface area contributed by atoms with Crippen LogP contribution in [0, 0.1) is 28.6 Å². The average Bonchev–Trinajstić information content (AvgIpc) is 3.25. The van der Waals surface area contributed by atoms with Crippen LogP contribution >= 0.6 is 0 Å². The van der Waals surface area contributed by atoms with Crippen molar-refractivity contribution < 1.29 is 19.0 Å². The van der Waals surface area contributed by atoms with Crippen molar-refractivity contribution in [1.82, 2.24) is 0 Å². The van der Waals surface area contributed by atoms with Gasteiger partial charge >= 0.3 is 5.97 Å². The van der Waals surface area contributed by atoms with E-state index in [1.807, 2.05) is 0 Å². The smallest absolute Gasteiger partial charge is 0.302 e.